The van der Waals surface area contributed by atoms with Crippen molar-refractivity contribution in [1.82, 2.24) is 0 Å². The number of rotatable bonds is 2. The van der Waals surface area contributed by atoms with Crippen molar-refractivity contribution in [2.24, 2.45) is 5.73 Å². The first-order valence-corrected chi connectivity index (χ1v) is 5.69. The van der Waals surface area contributed by atoms with Crippen molar-refractivity contribution in [2.75, 3.05) is 19.9 Å². The maximum atomic E-state index is 12.5. The summed E-state index contributed by atoms with van der Waals surface area (Å²) in [7, 11) is -4.80. The molecule has 0 aromatic carbocycles. The van der Waals surface area contributed by atoms with Crippen LogP contribution in [0.15, 0.2) is 0 Å². The second-order valence-electron chi connectivity index (χ2n) is 2.85. The predicted molar refractivity (Wildman–Crippen MR) is 37.2 cm³/mol. The fourth-order valence-corrected chi connectivity index (χ4v) is 0.793. The van der Waals surface area contributed by atoms with Crippen molar-refractivity contribution in [3.05, 3.63) is 0 Å². The van der Waals surface area contributed by atoms with Crippen molar-refractivity contribution in [3.8, 4) is 0 Å². The monoisotopic (exact) mass is 175 g/mol. The molecule has 0 aliphatic carbocycles. The van der Waals surface area contributed by atoms with Crippen LogP contribution in [0.4, 0.5) is 8.78 Å². The van der Waals surface area contributed by atoms with Gasteiger partial charge in [0.25, 0.3) is 0 Å². The summed E-state index contributed by atoms with van der Waals surface area (Å²) >= 11 is 0. The van der Waals surface area contributed by atoms with E-state index in [1.54, 1.807) is 0 Å². The van der Waals surface area contributed by atoms with Gasteiger partial charge < -0.3 is 0 Å². The van der Waals surface area contributed by atoms with Gasteiger partial charge in [0.1, 0.15) is 0 Å². The van der Waals surface area contributed by atoms with Crippen molar-refractivity contribution in [2.45, 2.75) is 5.66 Å². The number of alkyl halides is 2. The van der Waals surface area contributed by atoms with Crippen LogP contribution in [0.5, 0.6) is 0 Å². The standard InChI is InChI=1S/C4H12F2NO2P/c1-10(2,8,9)4(5,6)3-7/h8-9H,3,7H2,1-2H3. The molecule has 0 unspecified atom stereocenters. The van der Waals surface area contributed by atoms with Crippen molar-refractivity contribution < 1.29 is 18.6 Å². The Labute approximate surface area is 57.9 Å². The van der Waals surface area contributed by atoms with Crippen molar-refractivity contribution in [1.29, 1.82) is 0 Å². The molecule has 6 heteroatoms. The van der Waals surface area contributed by atoms with Crippen LogP contribution in [-0.4, -0.2) is 35.3 Å². The van der Waals surface area contributed by atoms with E-state index in [4.69, 9.17) is 9.79 Å². The fraction of sp³-hybridized carbons (Fsp3) is 1.00. The average molecular weight is 175 g/mol. The molecule has 0 aromatic rings. The summed E-state index contributed by atoms with van der Waals surface area (Å²) < 4.78 is 25.0. The quantitative estimate of drug-likeness (QED) is 0.524. The SMILES string of the molecule is CP(C)(O)(O)C(F)(F)CN. The summed E-state index contributed by atoms with van der Waals surface area (Å²) in [5, 5.41) is 0. The summed E-state index contributed by atoms with van der Waals surface area (Å²) in [6.45, 7) is 0.432. The minimum atomic E-state index is -4.80. The van der Waals surface area contributed by atoms with Crippen molar-refractivity contribution >= 4 is 7.06 Å². The van der Waals surface area contributed by atoms with Crippen molar-refractivity contribution in [3.63, 3.8) is 0 Å². The van der Waals surface area contributed by atoms with Gasteiger partial charge in [0, 0.05) is 0 Å². The third kappa shape index (κ3) is 1.83. The second-order valence-corrected chi connectivity index (χ2v) is 7.48. The zero-order valence-corrected chi connectivity index (χ0v) is 6.78. The zero-order valence-electron chi connectivity index (χ0n) is 5.88. The third-order valence-electron chi connectivity index (χ3n) is 1.19. The van der Waals surface area contributed by atoms with Crippen LogP contribution in [0.25, 0.3) is 0 Å². The van der Waals surface area contributed by atoms with E-state index in [2.05, 4.69) is 5.73 Å². The Bertz CT molecular complexity index is 133. The van der Waals surface area contributed by atoms with Gasteiger partial charge in [-0.1, -0.05) is 0 Å². The topological polar surface area (TPSA) is 66.5 Å². The van der Waals surface area contributed by atoms with E-state index < -0.39 is 19.3 Å². The summed E-state index contributed by atoms with van der Waals surface area (Å²) in [6.07, 6.45) is 0. The molecule has 64 valence electrons. The third-order valence-corrected chi connectivity index (χ3v) is 3.27. The van der Waals surface area contributed by atoms with Gasteiger partial charge in [-0.15, -0.1) is 0 Å². The van der Waals surface area contributed by atoms with Gasteiger partial charge in [0.15, 0.2) is 0 Å². The van der Waals surface area contributed by atoms with Gasteiger partial charge in [0.05, 0.1) is 0 Å². The van der Waals surface area contributed by atoms with Gasteiger partial charge in [0.2, 0.25) is 0 Å². The van der Waals surface area contributed by atoms with Crippen LogP contribution in [-0.2, 0) is 0 Å². The van der Waals surface area contributed by atoms with E-state index in [9.17, 15) is 8.78 Å². The molecule has 4 N–H and O–H groups in total. The molecule has 10 heavy (non-hydrogen) atoms. The van der Waals surface area contributed by atoms with Crippen LogP contribution in [0.1, 0.15) is 0 Å². The molecule has 0 atom stereocenters. The van der Waals surface area contributed by atoms with Crippen LogP contribution in [0.3, 0.4) is 0 Å². The molecular formula is C4H12F2NO2P. The Morgan fingerprint density at radius 3 is 1.70 bits per heavy atom. The summed E-state index contributed by atoms with van der Waals surface area (Å²) in [5.74, 6) is 0. The Hall–Kier alpha value is 0.170. The molecule has 0 amide bonds. The summed E-state index contributed by atoms with van der Waals surface area (Å²) in [5.41, 5.74) is 1.08. The molecular weight excluding hydrogens is 163 g/mol. The molecule has 0 aliphatic heterocycles. The van der Waals surface area contributed by atoms with Gasteiger partial charge in [-0.3, -0.25) is 0 Å². The molecule has 0 heterocycles. The molecule has 0 spiro atoms. The zero-order chi connectivity index (χ0) is 8.65. The normalized spacial score (nSPS) is 18.1. The average Bonchev–Trinajstić information content (AvgIpc) is 1.61. The fourth-order valence-electron chi connectivity index (χ4n) is 0.264. The Kier molecular flexibility index (Phi) is 2.11. The molecule has 3 nitrogen and oxygen atoms in total. The van der Waals surface area contributed by atoms with Gasteiger partial charge in [-0.05, 0) is 0 Å². The summed E-state index contributed by atoms with van der Waals surface area (Å²) in [4.78, 5) is 17.7. The van der Waals surface area contributed by atoms with E-state index in [1.807, 2.05) is 0 Å². The number of hydrogen-bond acceptors (Lipinski definition) is 3. The van der Waals surface area contributed by atoms with E-state index in [1.165, 1.54) is 0 Å². The molecule has 0 aliphatic rings. The van der Waals surface area contributed by atoms with E-state index in [-0.39, 0.29) is 0 Å². The second kappa shape index (κ2) is 2.08. The Balaban J connectivity index is 4.64. The van der Waals surface area contributed by atoms with Crippen LogP contribution < -0.4 is 5.73 Å². The summed E-state index contributed by atoms with van der Waals surface area (Å²) in [6, 6.07) is 0. The van der Waals surface area contributed by atoms with Gasteiger partial charge in [-0.2, -0.15) is 0 Å². The van der Waals surface area contributed by atoms with Crippen LogP contribution in [0, 0.1) is 0 Å². The van der Waals surface area contributed by atoms with Crippen LogP contribution >= 0.6 is 7.06 Å². The maximum absolute atomic E-state index is 12.5. The van der Waals surface area contributed by atoms with E-state index >= 15 is 0 Å². The Morgan fingerprint density at radius 1 is 1.40 bits per heavy atom. The van der Waals surface area contributed by atoms with Gasteiger partial charge in [-0.25, -0.2) is 0 Å². The molecule has 0 saturated carbocycles. The molecule has 0 aromatic heterocycles. The molecule has 0 fully saturated rings. The molecule has 0 saturated heterocycles. The van der Waals surface area contributed by atoms with Gasteiger partial charge >= 0.3 is 56.9 Å². The van der Waals surface area contributed by atoms with Crippen LogP contribution in [0.2, 0.25) is 0 Å². The molecule has 0 bridgehead atoms. The number of nitrogens with two attached hydrogens (primary N) is 1. The van der Waals surface area contributed by atoms with E-state index in [0.717, 1.165) is 13.3 Å². The minimum absolute atomic E-state index is 0.735. The predicted octanol–water partition coefficient (Wildman–Crippen LogP) is 0.165. The first-order valence-electron chi connectivity index (χ1n) is 2.66. The number of hydrogen-bond donors (Lipinski definition) is 3. The molecule has 0 radical (unpaired) electrons. The Morgan fingerprint density at radius 2 is 1.70 bits per heavy atom. The number of halogens is 2. The first-order chi connectivity index (χ1) is 4.07. The first kappa shape index (κ1) is 10.2. The van der Waals surface area contributed by atoms with E-state index in [0.29, 0.717) is 0 Å². The molecule has 0 rings (SSSR count).